The van der Waals surface area contributed by atoms with Gasteiger partial charge in [-0.25, -0.2) is 15.1 Å². The Morgan fingerprint density at radius 2 is 2.09 bits per heavy atom. The van der Waals surface area contributed by atoms with Gasteiger partial charge in [-0.1, -0.05) is 30.0 Å². The molecule has 2 atom stereocenters. The van der Waals surface area contributed by atoms with Crippen LogP contribution in [0.5, 0.6) is 0 Å². The smallest absolute Gasteiger partial charge is 0.274 e. The molecule has 4 heterocycles. The fourth-order valence-electron chi connectivity index (χ4n) is 4.68. The van der Waals surface area contributed by atoms with Gasteiger partial charge in [0.15, 0.2) is 10.9 Å². The Labute approximate surface area is 196 Å². The van der Waals surface area contributed by atoms with Gasteiger partial charge in [-0.05, 0) is 44.2 Å². The highest BCUT2D eigenvalue weighted by Crippen LogP contribution is 2.30. The first-order valence-electron chi connectivity index (χ1n) is 11.4. The van der Waals surface area contributed by atoms with Crippen LogP contribution in [-0.2, 0) is 4.74 Å². The Balaban J connectivity index is 1.35. The van der Waals surface area contributed by atoms with E-state index in [1.165, 1.54) is 0 Å². The Bertz CT molecular complexity index is 1220. The summed E-state index contributed by atoms with van der Waals surface area (Å²) in [4.78, 5) is 36.7. The van der Waals surface area contributed by atoms with Crippen molar-refractivity contribution in [1.82, 2.24) is 25.1 Å². The number of hydrogen-bond donors (Lipinski definition) is 1. The topological polar surface area (TPSA) is 101 Å². The van der Waals surface area contributed by atoms with E-state index in [1.54, 1.807) is 30.0 Å². The zero-order chi connectivity index (χ0) is 22.8. The minimum atomic E-state index is -0.289. The fourth-order valence-corrected chi connectivity index (χ4v) is 5.56. The molecule has 172 valence electrons. The predicted octanol–water partition coefficient (Wildman–Crippen LogP) is 3.31. The van der Waals surface area contributed by atoms with Crippen molar-refractivity contribution in [2.24, 2.45) is 0 Å². The van der Waals surface area contributed by atoms with Crippen LogP contribution >= 0.6 is 11.8 Å². The molecule has 1 aromatic carbocycles. The van der Waals surface area contributed by atoms with E-state index in [1.807, 2.05) is 24.1 Å². The van der Waals surface area contributed by atoms with Crippen LogP contribution in [0.15, 0.2) is 40.4 Å². The summed E-state index contributed by atoms with van der Waals surface area (Å²) < 4.78 is 5.72. The maximum atomic E-state index is 13.4. The number of nitrogens with one attached hydrogen (secondary N) is 1. The van der Waals surface area contributed by atoms with Crippen LogP contribution in [0.4, 0.5) is 0 Å². The second-order valence-electron chi connectivity index (χ2n) is 8.70. The van der Waals surface area contributed by atoms with Gasteiger partial charge in [0.05, 0.1) is 17.2 Å². The van der Waals surface area contributed by atoms with E-state index >= 15 is 0 Å². The lowest BCUT2D eigenvalue weighted by Gasteiger charge is -2.33. The number of benzene rings is 1. The molecule has 2 saturated heterocycles. The number of carbonyl (C=O) groups excluding carboxylic acids is 1. The lowest BCUT2D eigenvalue weighted by molar-refractivity contribution is 0.0700. The van der Waals surface area contributed by atoms with Gasteiger partial charge in [0.1, 0.15) is 0 Å². The van der Waals surface area contributed by atoms with Gasteiger partial charge in [0, 0.05) is 43.0 Å². The molecule has 2 aromatic heterocycles. The number of rotatable bonds is 5. The van der Waals surface area contributed by atoms with E-state index in [9.17, 15) is 9.59 Å². The van der Waals surface area contributed by atoms with Crippen LogP contribution < -0.4 is 5.56 Å². The number of H-pyrrole nitrogens is 1. The third-order valence-corrected chi connectivity index (χ3v) is 7.40. The summed E-state index contributed by atoms with van der Waals surface area (Å²) in [5.74, 6) is 0.844. The second-order valence-corrected chi connectivity index (χ2v) is 9.69. The van der Waals surface area contributed by atoms with E-state index in [0.29, 0.717) is 23.9 Å². The van der Waals surface area contributed by atoms with E-state index < -0.39 is 0 Å². The molecular formula is C24H27N5O3S. The highest BCUT2D eigenvalue weighted by molar-refractivity contribution is 7.99. The van der Waals surface area contributed by atoms with Crippen molar-refractivity contribution in [3.05, 3.63) is 57.8 Å². The summed E-state index contributed by atoms with van der Waals surface area (Å²) in [5.41, 5.74) is 2.06. The van der Waals surface area contributed by atoms with Crippen LogP contribution in [0.25, 0.3) is 10.8 Å². The Morgan fingerprint density at radius 3 is 2.91 bits per heavy atom. The summed E-state index contributed by atoms with van der Waals surface area (Å²) in [6.45, 7) is 4.11. The number of piperidine rings is 1. The quantitative estimate of drug-likeness (QED) is 0.456. The van der Waals surface area contributed by atoms with Gasteiger partial charge in [-0.15, -0.1) is 0 Å². The second kappa shape index (κ2) is 9.61. The highest BCUT2D eigenvalue weighted by atomic mass is 32.2. The van der Waals surface area contributed by atoms with E-state index in [2.05, 4.69) is 15.2 Å². The molecular weight excluding hydrogens is 438 g/mol. The van der Waals surface area contributed by atoms with E-state index in [-0.39, 0.29) is 29.2 Å². The van der Waals surface area contributed by atoms with Crippen molar-refractivity contribution < 1.29 is 9.53 Å². The third-order valence-electron chi connectivity index (χ3n) is 6.41. The summed E-state index contributed by atoms with van der Waals surface area (Å²) in [6, 6.07) is 7.10. The lowest BCUT2D eigenvalue weighted by Crippen LogP contribution is -2.40. The van der Waals surface area contributed by atoms with Crippen LogP contribution in [0.3, 0.4) is 0 Å². The van der Waals surface area contributed by atoms with Gasteiger partial charge < -0.3 is 9.64 Å². The molecule has 5 rings (SSSR count). The first-order valence-corrected chi connectivity index (χ1v) is 12.4. The largest absolute Gasteiger partial charge is 0.377 e. The van der Waals surface area contributed by atoms with Crippen molar-refractivity contribution in [1.29, 1.82) is 0 Å². The molecule has 0 aliphatic carbocycles. The fraction of sp³-hybridized carbons (Fsp3) is 0.458. The monoisotopic (exact) mass is 465 g/mol. The zero-order valence-corrected chi connectivity index (χ0v) is 19.4. The van der Waals surface area contributed by atoms with E-state index in [4.69, 9.17) is 9.72 Å². The number of aromatic amines is 1. The Kier molecular flexibility index (Phi) is 6.41. The van der Waals surface area contributed by atoms with Gasteiger partial charge >= 0.3 is 0 Å². The van der Waals surface area contributed by atoms with Crippen LogP contribution in [0.1, 0.15) is 53.3 Å². The molecule has 0 saturated carbocycles. The van der Waals surface area contributed by atoms with Crippen molar-refractivity contribution in [2.45, 2.75) is 49.8 Å². The normalized spacial score (nSPS) is 20.9. The molecule has 2 aliphatic heterocycles. The number of thioether (sulfide) groups is 1. The Hall–Kier alpha value is -2.78. The van der Waals surface area contributed by atoms with Crippen LogP contribution in [0, 0.1) is 6.92 Å². The molecule has 1 N–H and O–H groups in total. The zero-order valence-electron chi connectivity index (χ0n) is 18.6. The number of hydrogen-bond acceptors (Lipinski definition) is 7. The summed E-state index contributed by atoms with van der Waals surface area (Å²) in [6.07, 6.45) is 6.25. The van der Waals surface area contributed by atoms with Crippen molar-refractivity contribution >= 4 is 28.4 Å². The average molecular weight is 466 g/mol. The summed E-state index contributed by atoms with van der Waals surface area (Å²) in [5, 5.41) is 8.40. The number of fused-ring (bicyclic) bond motifs is 1. The predicted molar refractivity (Wildman–Crippen MR) is 127 cm³/mol. The minimum Gasteiger partial charge on any atom is -0.377 e. The first kappa shape index (κ1) is 22.0. The number of ether oxygens (including phenoxy) is 1. The molecule has 3 aromatic rings. The molecule has 0 unspecified atom stereocenters. The lowest BCUT2D eigenvalue weighted by atomic mass is 9.92. The standard InChI is InChI=1S/C24H27N5O3S/c1-15-12-25-24(33-14-17-7-5-11-32-17)26-20(15)16-6-4-10-29(13-16)23(31)21-18-8-2-3-9-19(18)22(30)28-27-21/h2-3,8-9,12,16-17H,4-7,10-11,13-14H2,1H3,(H,28,30)/t16-,17-/m0/s1. The maximum absolute atomic E-state index is 13.4. The van der Waals surface area contributed by atoms with Gasteiger partial charge in [0.25, 0.3) is 11.5 Å². The SMILES string of the molecule is Cc1cnc(SC[C@@H]2CCCO2)nc1[C@H]1CCCN(C(=O)c2n[nH]c(=O)c3ccccc23)C1. The summed E-state index contributed by atoms with van der Waals surface area (Å²) >= 11 is 1.64. The molecule has 9 heteroatoms. The molecule has 2 aliphatic rings. The minimum absolute atomic E-state index is 0.141. The number of aromatic nitrogens is 4. The van der Waals surface area contributed by atoms with Gasteiger partial charge in [-0.3, -0.25) is 9.59 Å². The van der Waals surface area contributed by atoms with Gasteiger partial charge in [0.2, 0.25) is 0 Å². The number of amides is 1. The van der Waals surface area contributed by atoms with Crippen molar-refractivity contribution in [2.75, 3.05) is 25.4 Å². The number of likely N-dealkylation sites (tertiary alicyclic amines) is 1. The molecule has 8 nitrogen and oxygen atoms in total. The molecule has 0 radical (unpaired) electrons. The molecule has 1 amide bonds. The number of carbonyl (C=O) groups is 1. The summed E-state index contributed by atoms with van der Waals surface area (Å²) in [7, 11) is 0. The van der Waals surface area contributed by atoms with Crippen LogP contribution in [-0.4, -0.2) is 62.5 Å². The van der Waals surface area contributed by atoms with Crippen molar-refractivity contribution in [3.8, 4) is 0 Å². The van der Waals surface area contributed by atoms with Crippen LogP contribution in [0.2, 0.25) is 0 Å². The molecule has 0 spiro atoms. The van der Waals surface area contributed by atoms with Gasteiger partial charge in [-0.2, -0.15) is 5.10 Å². The average Bonchev–Trinajstić information content (AvgIpc) is 3.37. The number of nitrogens with zero attached hydrogens (tertiary/aromatic N) is 4. The number of aryl methyl sites for hydroxylation is 1. The first-order chi connectivity index (χ1) is 16.1. The van der Waals surface area contributed by atoms with Crippen molar-refractivity contribution in [3.63, 3.8) is 0 Å². The third kappa shape index (κ3) is 4.65. The Morgan fingerprint density at radius 1 is 1.24 bits per heavy atom. The molecule has 2 fully saturated rings. The molecule has 0 bridgehead atoms. The van der Waals surface area contributed by atoms with E-state index in [0.717, 1.165) is 54.5 Å². The maximum Gasteiger partial charge on any atom is 0.274 e. The molecule has 33 heavy (non-hydrogen) atoms. The highest BCUT2D eigenvalue weighted by Gasteiger charge is 2.29.